The van der Waals surface area contributed by atoms with E-state index in [1.807, 2.05) is 13.8 Å². The molecule has 0 amide bonds. The Bertz CT molecular complexity index is 912. The molecule has 2 aliphatic rings. The van der Waals surface area contributed by atoms with Gasteiger partial charge >= 0.3 is 5.97 Å². The van der Waals surface area contributed by atoms with Crippen LogP contribution in [0, 0.1) is 0 Å². The molecule has 3 nitrogen and oxygen atoms in total. The highest BCUT2D eigenvalue weighted by Crippen LogP contribution is 2.44. The Morgan fingerprint density at radius 3 is 2.48 bits per heavy atom. The summed E-state index contributed by atoms with van der Waals surface area (Å²) in [5.41, 5.74) is 6.12. The number of nitrogens with zero attached hydrogens (tertiary/aromatic N) is 1. The number of carboxylic acids is 1. The molecule has 2 heterocycles. The van der Waals surface area contributed by atoms with Crippen LogP contribution in [0.1, 0.15) is 53.1 Å². The van der Waals surface area contributed by atoms with Crippen molar-refractivity contribution in [2.75, 3.05) is 20.1 Å². The Morgan fingerprint density at radius 2 is 1.78 bits per heavy atom. The second kappa shape index (κ2) is 6.92. The lowest BCUT2D eigenvalue weighted by molar-refractivity contribution is -0.142. The van der Waals surface area contributed by atoms with Gasteiger partial charge < -0.3 is 10.0 Å². The molecule has 4 rings (SSSR count). The number of thiophene rings is 1. The summed E-state index contributed by atoms with van der Waals surface area (Å²) in [4.78, 5) is 16.5. The maximum absolute atomic E-state index is 11.8. The average Bonchev–Trinajstić information content (AvgIpc) is 3.01. The van der Waals surface area contributed by atoms with Crippen molar-refractivity contribution in [3.8, 4) is 0 Å². The number of hydrogen-bond donors (Lipinski definition) is 1. The molecule has 2 aromatic rings. The first-order chi connectivity index (χ1) is 12.9. The lowest BCUT2D eigenvalue weighted by Gasteiger charge is -2.27. The van der Waals surface area contributed by atoms with E-state index in [0.29, 0.717) is 0 Å². The average molecular weight is 382 g/mol. The Morgan fingerprint density at radius 1 is 1.07 bits per heavy atom. The van der Waals surface area contributed by atoms with E-state index < -0.39 is 11.4 Å². The quantitative estimate of drug-likeness (QED) is 0.817. The molecule has 0 spiro atoms. The third-order valence-corrected chi connectivity index (χ3v) is 7.60. The van der Waals surface area contributed by atoms with Gasteiger partial charge in [-0.25, -0.2) is 0 Å². The highest BCUT2D eigenvalue weighted by molar-refractivity contribution is 7.12. The second-order valence-corrected chi connectivity index (χ2v) is 9.45. The number of hydrogen-bond acceptors (Lipinski definition) is 3. The van der Waals surface area contributed by atoms with E-state index in [-0.39, 0.29) is 0 Å². The van der Waals surface area contributed by atoms with Crippen molar-refractivity contribution >= 4 is 22.9 Å². The monoisotopic (exact) mass is 381 g/mol. The molecule has 1 N–H and O–H groups in total. The highest BCUT2D eigenvalue weighted by atomic mass is 32.1. The van der Waals surface area contributed by atoms with E-state index in [2.05, 4.69) is 42.3 Å². The molecule has 0 radical (unpaired) electrons. The van der Waals surface area contributed by atoms with Crippen molar-refractivity contribution in [2.24, 2.45) is 0 Å². The van der Waals surface area contributed by atoms with Gasteiger partial charge in [-0.1, -0.05) is 29.8 Å². The Kier molecular flexibility index (Phi) is 4.73. The van der Waals surface area contributed by atoms with Gasteiger partial charge in [-0.15, -0.1) is 11.3 Å². The van der Waals surface area contributed by atoms with Gasteiger partial charge in [0.15, 0.2) is 0 Å². The number of rotatable bonds is 2. The minimum Gasteiger partial charge on any atom is -0.481 e. The molecule has 27 heavy (non-hydrogen) atoms. The van der Waals surface area contributed by atoms with E-state index in [0.717, 1.165) is 43.6 Å². The molecule has 1 aromatic carbocycles. The predicted octanol–water partition coefficient (Wildman–Crippen LogP) is 4.74. The normalized spacial score (nSPS) is 18.0. The molecule has 0 atom stereocenters. The van der Waals surface area contributed by atoms with Crippen LogP contribution in [0.15, 0.2) is 35.9 Å². The molecule has 142 valence electrons. The van der Waals surface area contributed by atoms with Gasteiger partial charge in [0.25, 0.3) is 0 Å². The number of aryl methyl sites for hydroxylation is 2. The summed E-state index contributed by atoms with van der Waals surface area (Å²) >= 11 is 1.70. The van der Waals surface area contributed by atoms with Crippen molar-refractivity contribution in [3.63, 3.8) is 0 Å². The van der Waals surface area contributed by atoms with E-state index in [1.165, 1.54) is 32.7 Å². The molecule has 1 fully saturated rings. The maximum Gasteiger partial charge on any atom is 0.314 e. The van der Waals surface area contributed by atoms with Gasteiger partial charge in [0.1, 0.15) is 0 Å². The SMILES string of the molecule is CN1CCC(=C2c3ccccc3CCc3sc(C(C)(C)C(=O)O)cc32)CC1. The maximum atomic E-state index is 11.8. The predicted molar refractivity (Wildman–Crippen MR) is 112 cm³/mol. The zero-order chi connectivity index (χ0) is 19.2. The van der Waals surface area contributed by atoms with Crippen LogP contribution in [0.25, 0.3) is 5.57 Å². The van der Waals surface area contributed by atoms with Crippen molar-refractivity contribution in [3.05, 3.63) is 62.3 Å². The van der Waals surface area contributed by atoms with Gasteiger partial charge in [-0.05, 0) is 74.9 Å². The number of aliphatic carboxylic acids is 1. The number of benzene rings is 1. The van der Waals surface area contributed by atoms with Crippen LogP contribution >= 0.6 is 11.3 Å². The number of likely N-dealkylation sites (tertiary alicyclic amines) is 1. The smallest absolute Gasteiger partial charge is 0.314 e. The standard InChI is InChI=1S/C23H27NO2S/c1-23(2,22(25)26)20-14-18-19(27-20)9-8-15-6-4-5-7-17(15)21(18)16-10-12-24(3)13-11-16/h4-7,14H,8-13H2,1-3H3,(H,25,26). The summed E-state index contributed by atoms with van der Waals surface area (Å²) < 4.78 is 0. The first-order valence-electron chi connectivity index (χ1n) is 9.73. The molecule has 1 saturated heterocycles. The van der Waals surface area contributed by atoms with Crippen molar-refractivity contribution in [1.82, 2.24) is 4.90 Å². The third-order valence-electron chi connectivity index (χ3n) is 6.08. The minimum atomic E-state index is -0.848. The van der Waals surface area contributed by atoms with Gasteiger partial charge in [-0.2, -0.15) is 0 Å². The fraction of sp³-hybridized carbons (Fsp3) is 0.435. The molecule has 0 bridgehead atoms. The fourth-order valence-corrected chi connectivity index (χ4v) is 5.39. The van der Waals surface area contributed by atoms with Crippen LogP contribution in [0.2, 0.25) is 0 Å². The van der Waals surface area contributed by atoms with Crippen molar-refractivity contribution in [2.45, 2.75) is 44.9 Å². The molecular formula is C23H27NO2S. The molecule has 1 aliphatic heterocycles. The molecule has 1 aliphatic carbocycles. The number of carbonyl (C=O) groups is 1. The topological polar surface area (TPSA) is 40.5 Å². The number of fused-ring (bicyclic) bond motifs is 2. The van der Waals surface area contributed by atoms with Gasteiger partial charge in [0.2, 0.25) is 0 Å². The van der Waals surface area contributed by atoms with Crippen LogP contribution in [-0.4, -0.2) is 36.1 Å². The van der Waals surface area contributed by atoms with Crippen LogP contribution in [0.4, 0.5) is 0 Å². The summed E-state index contributed by atoms with van der Waals surface area (Å²) in [6.45, 7) is 5.82. The number of piperidine rings is 1. The minimum absolute atomic E-state index is 0.757. The Hall–Kier alpha value is -1.91. The lowest BCUT2D eigenvalue weighted by atomic mass is 9.86. The Balaban J connectivity index is 1.91. The fourth-order valence-electron chi connectivity index (χ4n) is 4.13. The summed E-state index contributed by atoms with van der Waals surface area (Å²) in [6, 6.07) is 11.0. The van der Waals surface area contributed by atoms with Gasteiger partial charge in [0, 0.05) is 22.8 Å². The third kappa shape index (κ3) is 3.26. The highest BCUT2D eigenvalue weighted by Gasteiger charge is 2.34. The van der Waals surface area contributed by atoms with Crippen LogP contribution in [0.3, 0.4) is 0 Å². The van der Waals surface area contributed by atoms with Gasteiger partial charge in [-0.3, -0.25) is 4.79 Å². The zero-order valence-electron chi connectivity index (χ0n) is 16.3. The summed E-state index contributed by atoms with van der Waals surface area (Å²) in [7, 11) is 2.19. The molecular weight excluding hydrogens is 354 g/mol. The first kappa shape index (κ1) is 18.5. The molecule has 0 unspecified atom stereocenters. The van der Waals surface area contributed by atoms with Gasteiger partial charge in [0.05, 0.1) is 5.41 Å². The lowest BCUT2D eigenvalue weighted by Crippen LogP contribution is -2.27. The van der Waals surface area contributed by atoms with E-state index >= 15 is 0 Å². The molecule has 0 saturated carbocycles. The zero-order valence-corrected chi connectivity index (χ0v) is 17.2. The van der Waals surface area contributed by atoms with Crippen LogP contribution in [-0.2, 0) is 23.1 Å². The van der Waals surface area contributed by atoms with Crippen molar-refractivity contribution < 1.29 is 9.90 Å². The van der Waals surface area contributed by atoms with E-state index in [1.54, 1.807) is 11.3 Å². The van der Waals surface area contributed by atoms with E-state index in [9.17, 15) is 9.90 Å². The van der Waals surface area contributed by atoms with Crippen LogP contribution in [0.5, 0.6) is 0 Å². The first-order valence-corrected chi connectivity index (χ1v) is 10.6. The summed E-state index contributed by atoms with van der Waals surface area (Å²) in [5, 5.41) is 9.70. The molecule has 4 heteroatoms. The largest absolute Gasteiger partial charge is 0.481 e. The Labute approximate surface area is 165 Å². The van der Waals surface area contributed by atoms with Crippen molar-refractivity contribution in [1.29, 1.82) is 0 Å². The summed E-state index contributed by atoms with van der Waals surface area (Å²) in [6.07, 6.45) is 4.19. The second-order valence-electron chi connectivity index (χ2n) is 8.32. The number of carboxylic acid groups (broad SMARTS) is 1. The van der Waals surface area contributed by atoms with Crippen LogP contribution < -0.4 is 0 Å². The summed E-state index contributed by atoms with van der Waals surface area (Å²) in [5.74, 6) is -0.757. The van der Waals surface area contributed by atoms with E-state index in [4.69, 9.17) is 0 Å². The molecule has 1 aromatic heterocycles.